The molecule has 0 radical (unpaired) electrons. The minimum Gasteiger partial charge on any atom is -0.459 e. The highest BCUT2D eigenvalue weighted by molar-refractivity contribution is 7.53. The molecule has 216 valence electrons. The van der Waals surface area contributed by atoms with Gasteiger partial charge in [0.2, 0.25) is 0 Å². The third-order valence-electron chi connectivity index (χ3n) is 5.96. The van der Waals surface area contributed by atoms with Crippen LogP contribution in [0.4, 0.5) is 4.79 Å². The zero-order valence-electron chi connectivity index (χ0n) is 24.1. The number of nitrogens with zero attached hydrogens (tertiary/aromatic N) is 1. The molecule has 0 unspecified atom stereocenters. The lowest BCUT2D eigenvalue weighted by Gasteiger charge is -2.30. The van der Waals surface area contributed by atoms with Crippen LogP contribution in [0.3, 0.4) is 0 Å². The molecule has 1 N–H and O–H groups in total. The zero-order valence-corrected chi connectivity index (χ0v) is 25.0. The molecule has 0 aliphatic heterocycles. The molecule has 0 fully saturated rings. The Bertz CT molecular complexity index is 1040. The molecule has 0 bridgehead atoms. The number of unbranched alkanes of at least 4 members (excludes halogenated alkanes) is 1. The number of amides is 2. The van der Waals surface area contributed by atoms with Crippen molar-refractivity contribution in [1.29, 1.82) is 0 Å². The summed E-state index contributed by atoms with van der Waals surface area (Å²) in [4.78, 5) is 28.1. The minimum atomic E-state index is -3.54. The van der Waals surface area contributed by atoms with Crippen LogP contribution in [0.15, 0.2) is 54.6 Å². The second-order valence-corrected chi connectivity index (χ2v) is 11.9. The van der Waals surface area contributed by atoms with E-state index in [9.17, 15) is 14.2 Å². The average molecular weight is 561 g/mol. The van der Waals surface area contributed by atoms with Gasteiger partial charge in [0, 0.05) is 13.0 Å². The van der Waals surface area contributed by atoms with Gasteiger partial charge in [-0.1, -0.05) is 81.8 Å². The second kappa shape index (κ2) is 17.1. The molecule has 2 aromatic carbocycles. The SMILES string of the molecule is CCCCc1ccc(C[C@H](NC(=O)N(CC(C)C)CP(=O)(OCC)OCC)C(=O)OCc2ccccc2)cc1. The summed E-state index contributed by atoms with van der Waals surface area (Å²) in [5.41, 5.74) is 2.99. The molecule has 1 atom stereocenters. The number of esters is 1. The average Bonchev–Trinajstić information content (AvgIpc) is 2.91. The Morgan fingerprint density at radius 1 is 0.897 bits per heavy atom. The highest BCUT2D eigenvalue weighted by Gasteiger charge is 2.32. The number of hydrogen-bond donors (Lipinski definition) is 1. The standard InChI is InChI=1S/C30H45N2O6P/c1-6-9-13-25-16-18-26(19-17-25)20-28(29(33)36-22-27-14-11-10-12-15-27)31-30(34)32(21-24(4)5)23-39(35,37-7-2)38-8-3/h10-12,14-19,24,28H,6-9,13,20-23H2,1-5H3,(H,31,34)/t28-/m0/s1. The smallest absolute Gasteiger partial charge is 0.349 e. The summed E-state index contributed by atoms with van der Waals surface area (Å²) in [6.07, 6.45) is 3.28. The first kappa shape index (κ1) is 32.5. The monoisotopic (exact) mass is 560 g/mol. The molecule has 2 rings (SSSR count). The first-order valence-corrected chi connectivity index (χ1v) is 15.6. The molecule has 0 saturated heterocycles. The molecule has 0 saturated carbocycles. The van der Waals surface area contributed by atoms with Crippen molar-refractivity contribution in [3.63, 3.8) is 0 Å². The van der Waals surface area contributed by atoms with E-state index >= 15 is 0 Å². The molecule has 2 aromatic rings. The van der Waals surface area contributed by atoms with Gasteiger partial charge in [-0.15, -0.1) is 0 Å². The molecule has 2 amide bonds. The number of benzene rings is 2. The van der Waals surface area contributed by atoms with Gasteiger partial charge in [0.05, 0.1) is 13.2 Å². The molecular formula is C30H45N2O6P. The maximum atomic E-state index is 13.5. The number of rotatable bonds is 17. The summed E-state index contributed by atoms with van der Waals surface area (Å²) in [5, 5.41) is 2.84. The highest BCUT2D eigenvalue weighted by Crippen LogP contribution is 2.48. The largest absolute Gasteiger partial charge is 0.459 e. The predicted octanol–water partition coefficient (Wildman–Crippen LogP) is 6.57. The number of nitrogens with one attached hydrogen (secondary N) is 1. The third kappa shape index (κ3) is 11.9. The van der Waals surface area contributed by atoms with Gasteiger partial charge in [-0.3, -0.25) is 4.57 Å². The van der Waals surface area contributed by atoms with Gasteiger partial charge in [-0.25, -0.2) is 9.59 Å². The lowest BCUT2D eigenvalue weighted by molar-refractivity contribution is -0.147. The summed E-state index contributed by atoms with van der Waals surface area (Å²) in [5.74, 6) is -0.448. The fourth-order valence-corrected chi connectivity index (χ4v) is 5.78. The second-order valence-electron chi connectivity index (χ2n) is 9.92. The Hall–Kier alpha value is -2.67. The van der Waals surface area contributed by atoms with Crippen LogP contribution >= 0.6 is 7.60 Å². The van der Waals surface area contributed by atoms with Crippen molar-refractivity contribution >= 4 is 19.6 Å². The fraction of sp³-hybridized carbons (Fsp3) is 0.533. The van der Waals surface area contributed by atoms with Crippen LogP contribution < -0.4 is 5.32 Å². The van der Waals surface area contributed by atoms with E-state index in [4.69, 9.17) is 13.8 Å². The van der Waals surface area contributed by atoms with E-state index in [1.807, 2.05) is 56.3 Å². The summed E-state index contributed by atoms with van der Waals surface area (Å²) in [6, 6.07) is 16.0. The van der Waals surface area contributed by atoms with Gasteiger partial charge in [-0.05, 0) is 49.3 Å². The lowest BCUT2D eigenvalue weighted by Crippen LogP contribution is -2.50. The van der Waals surface area contributed by atoms with Crippen molar-refractivity contribution in [3.05, 3.63) is 71.3 Å². The van der Waals surface area contributed by atoms with Crippen molar-refractivity contribution < 1.29 is 27.9 Å². The first-order valence-electron chi connectivity index (χ1n) is 13.9. The number of aryl methyl sites for hydroxylation is 1. The van der Waals surface area contributed by atoms with Crippen LogP contribution in [0.5, 0.6) is 0 Å². The van der Waals surface area contributed by atoms with E-state index < -0.39 is 25.6 Å². The number of carbonyl (C=O) groups excluding carboxylic acids is 2. The van der Waals surface area contributed by atoms with Crippen molar-refractivity contribution in [1.82, 2.24) is 10.2 Å². The van der Waals surface area contributed by atoms with E-state index in [-0.39, 0.29) is 38.4 Å². The van der Waals surface area contributed by atoms with Gasteiger partial charge in [-0.2, -0.15) is 0 Å². The Balaban J connectivity index is 2.23. The van der Waals surface area contributed by atoms with Gasteiger partial charge in [0.1, 0.15) is 18.9 Å². The molecule has 0 aliphatic carbocycles. The van der Waals surface area contributed by atoms with Crippen molar-refractivity contribution in [2.75, 3.05) is 26.0 Å². The Labute approximate surface area is 233 Å². The van der Waals surface area contributed by atoms with E-state index in [0.717, 1.165) is 30.4 Å². The van der Waals surface area contributed by atoms with Gasteiger partial charge in [0.15, 0.2) is 0 Å². The quantitative estimate of drug-likeness (QED) is 0.174. The summed E-state index contributed by atoms with van der Waals surface area (Å²) in [6.45, 7) is 10.3. The van der Waals surface area contributed by atoms with E-state index in [0.29, 0.717) is 6.54 Å². The molecule has 0 aliphatic rings. The van der Waals surface area contributed by atoms with Crippen LogP contribution in [-0.4, -0.2) is 49.0 Å². The Morgan fingerprint density at radius 2 is 1.51 bits per heavy atom. The molecule has 39 heavy (non-hydrogen) atoms. The molecule has 8 nitrogen and oxygen atoms in total. The number of ether oxygens (including phenoxy) is 1. The van der Waals surface area contributed by atoms with Crippen molar-refractivity contribution in [2.45, 2.75) is 73.0 Å². The molecule has 0 heterocycles. The minimum absolute atomic E-state index is 0.0894. The Morgan fingerprint density at radius 3 is 2.08 bits per heavy atom. The lowest BCUT2D eigenvalue weighted by atomic mass is 10.0. The third-order valence-corrected chi connectivity index (χ3v) is 7.95. The summed E-state index contributed by atoms with van der Waals surface area (Å²) >= 11 is 0. The number of carbonyl (C=O) groups is 2. The van der Waals surface area contributed by atoms with Gasteiger partial charge < -0.3 is 24.0 Å². The molecule has 0 spiro atoms. The van der Waals surface area contributed by atoms with Crippen LogP contribution in [-0.2, 0) is 42.6 Å². The van der Waals surface area contributed by atoms with E-state index in [1.165, 1.54) is 10.5 Å². The van der Waals surface area contributed by atoms with Crippen LogP contribution in [0, 0.1) is 5.92 Å². The fourth-order valence-electron chi connectivity index (χ4n) is 4.09. The molecular weight excluding hydrogens is 515 g/mol. The van der Waals surface area contributed by atoms with Gasteiger partial charge >= 0.3 is 19.6 Å². The number of urea groups is 1. The zero-order chi connectivity index (χ0) is 28.7. The Kier molecular flexibility index (Phi) is 14.3. The summed E-state index contributed by atoms with van der Waals surface area (Å²) in [7, 11) is -3.54. The van der Waals surface area contributed by atoms with Crippen molar-refractivity contribution in [3.8, 4) is 0 Å². The van der Waals surface area contributed by atoms with Crippen LogP contribution in [0.2, 0.25) is 0 Å². The van der Waals surface area contributed by atoms with E-state index in [2.05, 4.69) is 24.4 Å². The molecule has 0 aromatic heterocycles. The topological polar surface area (TPSA) is 94.2 Å². The normalized spacial score (nSPS) is 12.3. The van der Waals surface area contributed by atoms with Crippen molar-refractivity contribution in [2.24, 2.45) is 5.92 Å². The number of hydrogen-bond acceptors (Lipinski definition) is 6. The first-order chi connectivity index (χ1) is 18.7. The maximum Gasteiger partial charge on any atom is 0.349 e. The van der Waals surface area contributed by atoms with E-state index in [1.54, 1.807) is 13.8 Å². The van der Waals surface area contributed by atoms with Crippen LogP contribution in [0.25, 0.3) is 0 Å². The van der Waals surface area contributed by atoms with Crippen LogP contribution in [0.1, 0.15) is 64.2 Å². The maximum absolute atomic E-state index is 13.5. The molecule has 9 heteroatoms. The highest BCUT2D eigenvalue weighted by atomic mass is 31.2. The van der Waals surface area contributed by atoms with Gasteiger partial charge in [0.25, 0.3) is 0 Å². The predicted molar refractivity (Wildman–Crippen MR) is 155 cm³/mol. The summed E-state index contributed by atoms with van der Waals surface area (Å²) < 4.78 is 29.7.